The van der Waals surface area contributed by atoms with Gasteiger partial charge in [0.05, 0.1) is 6.61 Å². The van der Waals surface area contributed by atoms with Crippen LogP contribution in [-0.2, 0) is 6.54 Å². The second-order valence-corrected chi connectivity index (χ2v) is 7.83. The van der Waals surface area contributed by atoms with Gasteiger partial charge in [-0.05, 0) is 44.0 Å². The maximum absolute atomic E-state index is 5.97. The molecule has 4 rings (SSSR count). The lowest BCUT2D eigenvalue weighted by Gasteiger charge is -2.10. The summed E-state index contributed by atoms with van der Waals surface area (Å²) in [6.45, 7) is 7.73. The number of ether oxygens (including phenoxy) is 1. The summed E-state index contributed by atoms with van der Waals surface area (Å²) in [6, 6.07) is 14.6. The number of hydrogen-bond acceptors (Lipinski definition) is 4. The Morgan fingerprint density at radius 1 is 1.11 bits per heavy atom. The highest BCUT2D eigenvalue weighted by atomic mass is 32.2. The average Bonchev–Trinajstić information content (AvgIpc) is 3.31. The molecule has 2 aromatic heterocycles. The van der Waals surface area contributed by atoms with Gasteiger partial charge in [-0.1, -0.05) is 42.1 Å². The van der Waals surface area contributed by atoms with Gasteiger partial charge in [-0.2, -0.15) is 0 Å². The van der Waals surface area contributed by atoms with Crippen molar-refractivity contribution in [1.82, 2.24) is 19.7 Å². The average molecular weight is 393 g/mol. The van der Waals surface area contributed by atoms with Crippen LogP contribution in [0.25, 0.3) is 22.3 Å². The molecule has 0 aliphatic carbocycles. The van der Waals surface area contributed by atoms with Crippen LogP contribution in [0.4, 0.5) is 0 Å². The van der Waals surface area contributed by atoms with Gasteiger partial charge >= 0.3 is 0 Å². The molecule has 6 heteroatoms. The zero-order chi connectivity index (χ0) is 19.5. The topological polar surface area (TPSA) is 55.7 Å². The smallest absolute Gasteiger partial charge is 0.191 e. The Bertz CT molecular complexity index is 1100. The molecular formula is C22H24N4OS. The molecule has 0 bridgehead atoms. The lowest BCUT2D eigenvalue weighted by molar-refractivity contribution is 0.341. The van der Waals surface area contributed by atoms with Crippen molar-refractivity contribution in [3.05, 3.63) is 59.8 Å². The van der Waals surface area contributed by atoms with E-state index in [1.165, 1.54) is 10.9 Å². The molecule has 0 radical (unpaired) electrons. The van der Waals surface area contributed by atoms with E-state index in [9.17, 15) is 0 Å². The predicted octanol–water partition coefficient (Wildman–Crippen LogP) is 5.23. The van der Waals surface area contributed by atoms with Gasteiger partial charge in [0.25, 0.3) is 0 Å². The van der Waals surface area contributed by atoms with E-state index in [2.05, 4.69) is 70.9 Å². The van der Waals surface area contributed by atoms with Crippen LogP contribution in [0, 0.1) is 13.8 Å². The summed E-state index contributed by atoms with van der Waals surface area (Å²) in [7, 11) is 0. The van der Waals surface area contributed by atoms with Crippen molar-refractivity contribution in [3.8, 4) is 17.1 Å². The number of H-pyrrole nitrogens is 1. The summed E-state index contributed by atoms with van der Waals surface area (Å²) in [5.41, 5.74) is 4.57. The lowest BCUT2D eigenvalue weighted by Crippen LogP contribution is -2.04. The van der Waals surface area contributed by atoms with E-state index < -0.39 is 0 Å². The molecule has 4 aromatic rings. The predicted molar refractivity (Wildman–Crippen MR) is 115 cm³/mol. The molecule has 0 spiro atoms. The Morgan fingerprint density at radius 3 is 2.82 bits per heavy atom. The lowest BCUT2D eigenvalue weighted by atomic mass is 10.1. The number of nitrogens with one attached hydrogen (secondary N) is 1. The van der Waals surface area contributed by atoms with Crippen molar-refractivity contribution >= 4 is 22.7 Å². The first-order valence-electron chi connectivity index (χ1n) is 9.50. The molecule has 28 heavy (non-hydrogen) atoms. The zero-order valence-corrected chi connectivity index (χ0v) is 17.2. The van der Waals surface area contributed by atoms with Crippen LogP contribution in [-0.4, -0.2) is 32.1 Å². The van der Waals surface area contributed by atoms with Crippen LogP contribution in [0.3, 0.4) is 0 Å². The highest BCUT2D eigenvalue weighted by Crippen LogP contribution is 2.30. The van der Waals surface area contributed by atoms with Crippen LogP contribution in [0.5, 0.6) is 5.75 Å². The van der Waals surface area contributed by atoms with Gasteiger partial charge in [0.2, 0.25) is 0 Å². The fourth-order valence-corrected chi connectivity index (χ4v) is 4.10. The Hall–Kier alpha value is -2.73. The molecule has 0 fully saturated rings. The molecule has 2 heterocycles. The first kappa shape index (κ1) is 18.6. The highest BCUT2D eigenvalue weighted by Gasteiger charge is 2.16. The van der Waals surface area contributed by atoms with E-state index in [1.807, 2.05) is 18.3 Å². The van der Waals surface area contributed by atoms with Gasteiger partial charge in [0.1, 0.15) is 5.75 Å². The molecule has 0 saturated heterocycles. The highest BCUT2D eigenvalue weighted by molar-refractivity contribution is 7.99. The Balaban J connectivity index is 1.47. The van der Waals surface area contributed by atoms with Gasteiger partial charge in [-0.15, -0.1) is 10.2 Å². The Morgan fingerprint density at radius 2 is 1.96 bits per heavy atom. The standard InChI is InChI=1S/C22H24N4OS/c1-4-26-21(18-14-23-19-8-6-5-7-17(18)19)24-25-22(26)28-12-11-27-20-13-15(2)9-10-16(20)3/h5-10,13-14,23H,4,11-12H2,1-3H3. The number of hydrogen-bond donors (Lipinski definition) is 1. The monoisotopic (exact) mass is 392 g/mol. The third-order valence-corrected chi connectivity index (χ3v) is 5.71. The van der Waals surface area contributed by atoms with E-state index in [0.29, 0.717) is 6.61 Å². The van der Waals surface area contributed by atoms with E-state index in [-0.39, 0.29) is 0 Å². The first-order chi connectivity index (χ1) is 13.7. The minimum absolute atomic E-state index is 0.633. The normalized spacial score (nSPS) is 11.2. The molecule has 0 atom stereocenters. The van der Waals surface area contributed by atoms with E-state index in [0.717, 1.165) is 45.7 Å². The number of nitrogens with zero attached hydrogens (tertiary/aromatic N) is 3. The molecule has 2 aromatic carbocycles. The zero-order valence-electron chi connectivity index (χ0n) is 16.4. The summed E-state index contributed by atoms with van der Waals surface area (Å²) >= 11 is 1.68. The molecule has 0 aliphatic rings. The molecule has 0 amide bonds. The van der Waals surface area contributed by atoms with Crippen molar-refractivity contribution < 1.29 is 4.74 Å². The molecule has 1 N–H and O–H groups in total. The van der Waals surface area contributed by atoms with Gasteiger partial charge < -0.3 is 14.3 Å². The number of aromatic nitrogens is 4. The van der Waals surface area contributed by atoms with Gasteiger partial charge in [-0.25, -0.2) is 0 Å². The number of benzene rings is 2. The van der Waals surface area contributed by atoms with Crippen LogP contribution >= 0.6 is 11.8 Å². The number of thioether (sulfide) groups is 1. The third-order valence-electron chi connectivity index (χ3n) is 4.78. The molecule has 5 nitrogen and oxygen atoms in total. The summed E-state index contributed by atoms with van der Waals surface area (Å²) in [6.07, 6.45) is 2.01. The molecule has 0 saturated carbocycles. The van der Waals surface area contributed by atoms with Crippen molar-refractivity contribution in [2.24, 2.45) is 0 Å². The molecule has 0 aliphatic heterocycles. The summed E-state index contributed by atoms with van der Waals surface area (Å²) in [5.74, 6) is 2.68. The molecule has 144 valence electrons. The number of para-hydroxylation sites is 1. The van der Waals surface area contributed by atoms with E-state index in [1.54, 1.807) is 11.8 Å². The molecule has 0 unspecified atom stereocenters. The van der Waals surface area contributed by atoms with Crippen molar-refractivity contribution in [1.29, 1.82) is 0 Å². The fraction of sp³-hybridized carbons (Fsp3) is 0.273. The molecular weight excluding hydrogens is 368 g/mol. The van der Waals surface area contributed by atoms with Crippen molar-refractivity contribution in [3.63, 3.8) is 0 Å². The second-order valence-electron chi connectivity index (χ2n) is 6.76. The largest absolute Gasteiger partial charge is 0.492 e. The first-order valence-corrected chi connectivity index (χ1v) is 10.5. The van der Waals surface area contributed by atoms with Crippen molar-refractivity contribution in [2.75, 3.05) is 12.4 Å². The van der Waals surface area contributed by atoms with Crippen LogP contribution in [0.15, 0.2) is 53.8 Å². The van der Waals surface area contributed by atoms with E-state index >= 15 is 0 Å². The van der Waals surface area contributed by atoms with E-state index in [4.69, 9.17) is 4.74 Å². The fourth-order valence-electron chi connectivity index (χ4n) is 3.28. The van der Waals surface area contributed by atoms with Crippen LogP contribution in [0.1, 0.15) is 18.1 Å². The Labute approximate surface area is 169 Å². The summed E-state index contributed by atoms with van der Waals surface area (Å²) < 4.78 is 8.13. The van der Waals surface area contributed by atoms with Gasteiger partial charge in [-0.3, -0.25) is 0 Å². The number of rotatable bonds is 7. The number of aryl methyl sites for hydroxylation is 2. The summed E-state index contributed by atoms with van der Waals surface area (Å²) in [5, 5.41) is 11.0. The maximum atomic E-state index is 5.97. The Kier molecular flexibility index (Phi) is 5.39. The van der Waals surface area contributed by atoms with Gasteiger partial charge in [0.15, 0.2) is 11.0 Å². The second kappa shape index (κ2) is 8.10. The van der Waals surface area contributed by atoms with Crippen LogP contribution in [0.2, 0.25) is 0 Å². The van der Waals surface area contributed by atoms with Crippen LogP contribution < -0.4 is 4.74 Å². The minimum Gasteiger partial charge on any atom is -0.492 e. The quantitative estimate of drug-likeness (QED) is 0.345. The maximum Gasteiger partial charge on any atom is 0.191 e. The summed E-state index contributed by atoms with van der Waals surface area (Å²) in [4.78, 5) is 3.32. The third kappa shape index (κ3) is 3.64. The van der Waals surface area contributed by atoms with Crippen molar-refractivity contribution in [2.45, 2.75) is 32.5 Å². The minimum atomic E-state index is 0.633. The SMILES string of the molecule is CCn1c(SCCOc2cc(C)ccc2C)nnc1-c1c[nH]c2ccccc12. The number of aromatic amines is 1. The van der Waals surface area contributed by atoms with Gasteiger partial charge in [0, 0.05) is 35.0 Å². The number of fused-ring (bicyclic) bond motifs is 1.